The van der Waals surface area contributed by atoms with Gasteiger partial charge < -0.3 is 10.2 Å². The van der Waals surface area contributed by atoms with Crippen LogP contribution in [0.25, 0.3) is 0 Å². The number of carbonyl (C=O) groups is 2. The van der Waals surface area contributed by atoms with Crippen LogP contribution >= 0.6 is 22.9 Å². The lowest BCUT2D eigenvalue weighted by molar-refractivity contribution is -0.126. The number of rotatable bonds is 4. The van der Waals surface area contributed by atoms with Crippen molar-refractivity contribution in [1.29, 1.82) is 0 Å². The maximum atomic E-state index is 12.6. The molecule has 2 amide bonds. The molecule has 3 rings (SSSR count). The maximum absolute atomic E-state index is 12.6. The number of halogens is 1. The van der Waals surface area contributed by atoms with Crippen LogP contribution in [-0.4, -0.2) is 43.8 Å². The number of hydrogen-bond donors (Lipinski definition) is 2. The topological polar surface area (TPSA) is 95.6 Å². The van der Waals surface area contributed by atoms with Gasteiger partial charge in [0, 0.05) is 17.8 Å². The highest BCUT2D eigenvalue weighted by Crippen LogP contribution is 2.27. The van der Waals surface area contributed by atoms with E-state index in [0.29, 0.717) is 22.1 Å². The summed E-state index contributed by atoms with van der Waals surface area (Å²) < 4.78 is 27.6. The highest BCUT2D eigenvalue weighted by Gasteiger charge is 2.33. The molecule has 1 saturated heterocycles. The zero-order chi connectivity index (χ0) is 19.8. The summed E-state index contributed by atoms with van der Waals surface area (Å²) in [6.07, 6.45) is 0. The molecule has 0 saturated carbocycles. The Hall–Kier alpha value is -2.10. The van der Waals surface area contributed by atoms with Gasteiger partial charge in [-0.1, -0.05) is 11.6 Å². The van der Waals surface area contributed by atoms with Gasteiger partial charge in [-0.2, -0.15) is 0 Å². The molecule has 1 aromatic heterocycles. The van der Waals surface area contributed by atoms with Crippen LogP contribution in [0.2, 0.25) is 4.34 Å². The summed E-state index contributed by atoms with van der Waals surface area (Å²) in [7, 11) is -3.73. The lowest BCUT2D eigenvalue weighted by Crippen LogP contribution is -2.61. The van der Waals surface area contributed by atoms with Crippen molar-refractivity contribution in [2.75, 3.05) is 17.8 Å². The van der Waals surface area contributed by atoms with E-state index in [4.69, 9.17) is 11.6 Å². The fourth-order valence-electron chi connectivity index (χ4n) is 2.82. The van der Waals surface area contributed by atoms with E-state index < -0.39 is 15.6 Å². The zero-order valence-electron chi connectivity index (χ0n) is 14.7. The molecule has 27 heavy (non-hydrogen) atoms. The van der Waals surface area contributed by atoms with Crippen LogP contribution in [0.4, 0.5) is 5.69 Å². The van der Waals surface area contributed by atoms with Crippen molar-refractivity contribution in [2.45, 2.75) is 23.6 Å². The van der Waals surface area contributed by atoms with E-state index in [-0.39, 0.29) is 22.6 Å². The van der Waals surface area contributed by atoms with Crippen molar-refractivity contribution in [1.82, 2.24) is 10.2 Å². The third kappa shape index (κ3) is 4.60. The van der Waals surface area contributed by atoms with Gasteiger partial charge in [0.05, 0.1) is 16.4 Å². The summed E-state index contributed by atoms with van der Waals surface area (Å²) in [5, 5.41) is 2.83. The molecule has 0 radical (unpaired) electrons. The number of nitrogens with one attached hydrogen (secondary N) is 2. The Balaban J connectivity index is 1.73. The fourth-order valence-corrected chi connectivity index (χ4v) is 5.36. The Morgan fingerprint density at radius 3 is 2.44 bits per heavy atom. The van der Waals surface area contributed by atoms with Crippen molar-refractivity contribution in [3.8, 4) is 0 Å². The van der Waals surface area contributed by atoms with Crippen LogP contribution in [0, 0.1) is 0 Å². The molecule has 10 heteroatoms. The third-order valence-corrected chi connectivity index (χ3v) is 6.99. The highest BCUT2D eigenvalue weighted by atomic mass is 35.5. The molecule has 7 nitrogen and oxygen atoms in total. The summed E-state index contributed by atoms with van der Waals surface area (Å²) >= 11 is 6.74. The van der Waals surface area contributed by atoms with Crippen molar-refractivity contribution < 1.29 is 18.0 Å². The van der Waals surface area contributed by atoms with Gasteiger partial charge in [-0.25, -0.2) is 8.42 Å². The number of benzene rings is 1. The van der Waals surface area contributed by atoms with Crippen LogP contribution in [-0.2, 0) is 14.8 Å². The summed E-state index contributed by atoms with van der Waals surface area (Å²) in [5.74, 6) is -0.490. The van der Waals surface area contributed by atoms with Gasteiger partial charge in [0.25, 0.3) is 15.9 Å². The molecular formula is C17H18ClN3O4S2. The first-order chi connectivity index (χ1) is 12.6. The Bertz CT molecular complexity index is 984. The standard InChI is InChI=1S/C17H18ClN3O4S2/c1-17(2)10-21(9-14(22)19-17)16(23)11-3-5-12(6-4-11)20-27(24,25)15-8-7-13(18)26-15/h3-8,20H,9-10H2,1-2H3,(H,19,22). The minimum Gasteiger partial charge on any atom is -0.348 e. The first kappa shape index (κ1) is 19.7. The zero-order valence-corrected chi connectivity index (χ0v) is 17.0. The molecular weight excluding hydrogens is 410 g/mol. The Morgan fingerprint density at radius 2 is 1.89 bits per heavy atom. The lowest BCUT2D eigenvalue weighted by atomic mass is 10.0. The van der Waals surface area contributed by atoms with E-state index >= 15 is 0 Å². The van der Waals surface area contributed by atoms with Gasteiger partial charge in [-0.05, 0) is 50.2 Å². The minimum atomic E-state index is -3.73. The van der Waals surface area contributed by atoms with Crippen LogP contribution in [0.1, 0.15) is 24.2 Å². The molecule has 1 aromatic carbocycles. The molecule has 144 valence electrons. The number of hydrogen-bond acceptors (Lipinski definition) is 5. The average molecular weight is 428 g/mol. The van der Waals surface area contributed by atoms with E-state index in [0.717, 1.165) is 11.3 Å². The number of carbonyl (C=O) groups excluding carboxylic acids is 2. The van der Waals surface area contributed by atoms with Crippen LogP contribution in [0.3, 0.4) is 0 Å². The molecule has 2 aromatic rings. The molecule has 1 aliphatic rings. The average Bonchev–Trinajstić information content (AvgIpc) is 3.00. The molecule has 2 heterocycles. The van der Waals surface area contributed by atoms with E-state index in [1.54, 1.807) is 0 Å². The minimum absolute atomic E-state index is 0.00419. The van der Waals surface area contributed by atoms with Crippen LogP contribution < -0.4 is 10.0 Å². The van der Waals surface area contributed by atoms with Crippen LogP contribution in [0.15, 0.2) is 40.6 Å². The normalized spacial score (nSPS) is 16.7. The number of nitrogens with zero attached hydrogens (tertiary/aromatic N) is 1. The lowest BCUT2D eigenvalue weighted by Gasteiger charge is -2.38. The van der Waals surface area contributed by atoms with Gasteiger partial charge in [0.1, 0.15) is 4.21 Å². The number of anilines is 1. The monoisotopic (exact) mass is 427 g/mol. The number of amides is 2. The van der Waals surface area contributed by atoms with Crippen LogP contribution in [0.5, 0.6) is 0 Å². The van der Waals surface area contributed by atoms with Crippen molar-refractivity contribution in [2.24, 2.45) is 0 Å². The predicted molar refractivity (Wildman–Crippen MR) is 105 cm³/mol. The molecule has 0 spiro atoms. The van der Waals surface area contributed by atoms with Gasteiger partial charge in [-0.15, -0.1) is 11.3 Å². The summed E-state index contributed by atoms with van der Waals surface area (Å²) in [6.45, 7) is 4.08. The van der Waals surface area contributed by atoms with Crippen molar-refractivity contribution >= 4 is 50.5 Å². The second kappa shape index (κ2) is 7.14. The molecule has 0 atom stereocenters. The smallest absolute Gasteiger partial charge is 0.271 e. The summed E-state index contributed by atoms with van der Waals surface area (Å²) in [4.78, 5) is 25.9. The molecule has 0 unspecified atom stereocenters. The van der Waals surface area contributed by atoms with Gasteiger partial charge in [-0.3, -0.25) is 14.3 Å². The molecule has 1 fully saturated rings. The molecule has 2 N–H and O–H groups in total. The quantitative estimate of drug-likeness (QED) is 0.783. The summed E-state index contributed by atoms with van der Waals surface area (Å²) in [6, 6.07) is 9.02. The molecule has 1 aliphatic heterocycles. The maximum Gasteiger partial charge on any atom is 0.271 e. The Morgan fingerprint density at radius 1 is 1.22 bits per heavy atom. The first-order valence-electron chi connectivity index (χ1n) is 8.04. The molecule has 0 bridgehead atoms. The van der Waals surface area contributed by atoms with Gasteiger partial charge in [0.2, 0.25) is 5.91 Å². The first-order valence-corrected chi connectivity index (χ1v) is 10.7. The van der Waals surface area contributed by atoms with Gasteiger partial charge in [0.15, 0.2) is 0 Å². The van der Waals surface area contributed by atoms with Gasteiger partial charge >= 0.3 is 0 Å². The Labute approximate surface area is 166 Å². The summed E-state index contributed by atoms with van der Waals surface area (Å²) in [5.41, 5.74) is 0.207. The van der Waals surface area contributed by atoms with E-state index in [2.05, 4.69) is 10.0 Å². The fraction of sp³-hybridized carbons (Fsp3) is 0.294. The highest BCUT2D eigenvalue weighted by molar-refractivity contribution is 7.94. The largest absolute Gasteiger partial charge is 0.348 e. The SMILES string of the molecule is CC1(C)CN(C(=O)c2ccc(NS(=O)(=O)c3ccc(Cl)s3)cc2)CC(=O)N1. The Kier molecular flexibility index (Phi) is 5.20. The number of sulfonamides is 1. The predicted octanol–water partition coefficient (Wildman–Crippen LogP) is 2.55. The number of thiophene rings is 1. The second-order valence-corrected chi connectivity index (χ2v) is 10.5. The van der Waals surface area contributed by atoms with Crippen molar-refractivity contribution in [3.05, 3.63) is 46.3 Å². The van der Waals surface area contributed by atoms with E-state index in [1.165, 1.54) is 41.3 Å². The van der Waals surface area contributed by atoms with E-state index in [1.807, 2.05) is 13.8 Å². The second-order valence-electron chi connectivity index (χ2n) is 6.83. The number of piperazine rings is 1. The van der Waals surface area contributed by atoms with E-state index in [9.17, 15) is 18.0 Å². The van der Waals surface area contributed by atoms with Crippen molar-refractivity contribution in [3.63, 3.8) is 0 Å². The third-order valence-electron chi connectivity index (χ3n) is 3.88. The molecule has 0 aliphatic carbocycles.